The normalized spacial score (nSPS) is 18.4. The minimum Gasteiger partial charge on any atom is -0.280 e. The molecule has 3 N–H and O–H groups in total. The van der Waals surface area contributed by atoms with Gasteiger partial charge in [-0.15, -0.1) is 0 Å². The molecule has 0 saturated heterocycles. The first-order valence-electron chi connectivity index (χ1n) is 8.25. The van der Waals surface area contributed by atoms with E-state index in [1.807, 2.05) is 6.92 Å². The van der Waals surface area contributed by atoms with Crippen LogP contribution in [0.15, 0.2) is 57.9 Å². The fourth-order valence-electron chi connectivity index (χ4n) is 2.49. The first kappa shape index (κ1) is 19.4. The number of benzene rings is 2. The summed E-state index contributed by atoms with van der Waals surface area (Å²) in [5.74, 6) is -0.366. The molecule has 9 heteroatoms. The van der Waals surface area contributed by atoms with Crippen LogP contribution in [0.3, 0.4) is 0 Å². The SMILES string of the molecule is C[C@H]1C[C@H]1C(=O)NNC(=O)c1ccc(NS(=O)(=O)c2ccc(Br)cc2)cc1. The van der Waals surface area contributed by atoms with E-state index >= 15 is 0 Å². The van der Waals surface area contributed by atoms with Crippen molar-refractivity contribution in [2.24, 2.45) is 11.8 Å². The van der Waals surface area contributed by atoms with E-state index in [4.69, 9.17) is 0 Å². The van der Waals surface area contributed by atoms with Crippen molar-refractivity contribution < 1.29 is 18.0 Å². The van der Waals surface area contributed by atoms with Gasteiger partial charge < -0.3 is 0 Å². The Morgan fingerprint density at radius 1 is 1.00 bits per heavy atom. The lowest BCUT2D eigenvalue weighted by molar-refractivity contribution is -0.123. The van der Waals surface area contributed by atoms with Crippen molar-refractivity contribution in [3.8, 4) is 0 Å². The number of hydrogen-bond acceptors (Lipinski definition) is 4. The molecule has 1 aliphatic rings. The van der Waals surface area contributed by atoms with Crippen molar-refractivity contribution in [1.82, 2.24) is 10.9 Å². The van der Waals surface area contributed by atoms with Gasteiger partial charge >= 0.3 is 0 Å². The van der Waals surface area contributed by atoms with E-state index in [0.717, 1.165) is 10.9 Å². The van der Waals surface area contributed by atoms with Gasteiger partial charge in [-0.25, -0.2) is 8.42 Å². The average Bonchev–Trinajstić information content (AvgIpc) is 3.37. The summed E-state index contributed by atoms with van der Waals surface area (Å²) >= 11 is 3.26. The highest BCUT2D eigenvalue weighted by Gasteiger charge is 2.39. The Hall–Kier alpha value is -2.39. The summed E-state index contributed by atoms with van der Waals surface area (Å²) in [5, 5.41) is 0. The zero-order chi connectivity index (χ0) is 19.6. The lowest BCUT2D eigenvalue weighted by Crippen LogP contribution is -2.42. The maximum atomic E-state index is 12.4. The molecule has 7 nitrogen and oxygen atoms in total. The Morgan fingerprint density at radius 3 is 2.15 bits per heavy atom. The summed E-state index contributed by atoms with van der Waals surface area (Å²) in [4.78, 5) is 23.9. The van der Waals surface area contributed by atoms with Crippen LogP contribution in [0.1, 0.15) is 23.7 Å². The van der Waals surface area contributed by atoms with Crippen molar-refractivity contribution in [2.45, 2.75) is 18.2 Å². The van der Waals surface area contributed by atoms with Gasteiger partial charge in [0.2, 0.25) is 5.91 Å². The van der Waals surface area contributed by atoms with Crippen LogP contribution in [-0.2, 0) is 14.8 Å². The molecular formula is C18H18BrN3O4S. The third-order valence-electron chi connectivity index (χ3n) is 4.27. The van der Waals surface area contributed by atoms with Gasteiger partial charge in [0.05, 0.1) is 4.90 Å². The molecule has 0 unspecified atom stereocenters. The van der Waals surface area contributed by atoms with Crippen molar-refractivity contribution >= 4 is 43.5 Å². The molecule has 1 saturated carbocycles. The third kappa shape index (κ3) is 4.86. The van der Waals surface area contributed by atoms with Crippen LogP contribution < -0.4 is 15.6 Å². The Kier molecular flexibility index (Phi) is 5.52. The molecule has 1 fully saturated rings. The number of carbonyl (C=O) groups is 2. The lowest BCUT2D eigenvalue weighted by Gasteiger charge is -2.10. The number of anilines is 1. The molecule has 3 rings (SSSR count). The second-order valence-corrected chi connectivity index (χ2v) is 9.00. The Labute approximate surface area is 165 Å². The number of hydrogen-bond donors (Lipinski definition) is 3. The molecule has 0 spiro atoms. The molecule has 0 aliphatic heterocycles. The van der Waals surface area contributed by atoms with E-state index in [9.17, 15) is 18.0 Å². The molecule has 2 amide bonds. The molecule has 0 bridgehead atoms. The number of sulfonamides is 1. The van der Waals surface area contributed by atoms with Gasteiger partial charge in [-0.3, -0.25) is 25.2 Å². The second kappa shape index (κ2) is 7.69. The number of amides is 2. The maximum Gasteiger partial charge on any atom is 0.269 e. The highest BCUT2D eigenvalue weighted by Crippen LogP contribution is 2.37. The summed E-state index contributed by atoms with van der Waals surface area (Å²) in [6.07, 6.45) is 0.828. The lowest BCUT2D eigenvalue weighted by atomic mass is 10.2. The summed E-state index contributed by atoms with van der Waals surface area (Å²) in [6, 6.07) is 12.2. The second-order valence-electron chi connectivity index (χ2n) is 6.40. The van der Waals surface area contributed by atoms with Crippen molar-refractivity contribution in [2.75, 3.05) is 4.72 Å². The number of carbonyl (C=O) groups excluding carboxylic acids is 2. The van der Waals surface area contributed by atoms with Gasteiger partial charge in [-0.1, -0.05) is 22.9 Å². The van der Waals surface area contributed by atoms with Crippen LogP contribution in [0.4, 0.5) is 5.69 Å². The fourth-order valence-corrected chi connectivity index (χ4v) is 3.81. The van der Waals surface area contributed by atoms with E-state index in [0.29, 0.717) is 17.2 Å². The standard InChI is InChI=1S/C18H18BrN3O4S/c1-11-10-16(11)18(24)21-20-17(23)12-2-6-14(7-3-12)22-27(25,26)15-8-4-13(19)5-9-15/h2-9,11,16,22H,10H2,1H3,(H,20,23)(H,21,24)/t11-,16+/m0/s1. The molecule has 27 heavy (non-hydrogen) atoms. The summed E-state index contributed by atoms with van der Waals surface area (Å²) in [5.41, 5.74) is 5.38. The Balaban J connectivity index is 1.60. The van der Waals surface area contributed by atoms with Crippen LogP contribution in [0, 0.1) is 11.8 Å². The smallest absolute Gasteiger partial charge is 0.269 e. The number of rotatable bonds is 5. The predicted molar refractivity (Wildman–Crippen MR) is 104 cm³/mol. The van der Waals surface area contributed by atoms with Crippen LogP contribution in [0.2, 0.25) is 0 Å². The highest BCUT2D eigenvalue weighted by molar-refractivity contribution is 9.10. The molecule has 2 aromatic carbocycles. The fraction of sp³-hybridized carbons (Fsp3) is 0.222. The zero-order valence-corrected chi connectivity index (χ0v) is 16.8. The van der Waals surface area contributed by atoms with Gasteiger partial charge in [0.25, 0.3) is 15.9 Å². The molecule has 0 radical (unpaired) electrons. The van der Waals surface area contributed by atoms with Crippen LogP contribution in [-0.4, -0.2) is 20.2 Å². The van der Waals surface area contributed by atoms with Gasteiger partial charge in [-0.2, -0.15) is 0 Å². The quantitative estimate of drug-likeness (QED) is 0.607. The number of nitrogens with one attached hydrogen (secondary N) is 3. The minimum absolute atomic E-state index is 0.0410. The van der Waals surface area contributed by atoms with E-state index in [2.05, 4.69) is 31.5 Å². The minimum atomic E-state index is -3.72. The number of hydrazine groups is 1. The average molecular weight is 452 g/mol. The first-order valence-corrected chi connectivity index (χ1v) is 10.5. The summed E-state index contributed by atoms with van der Waals surface area (Å²) in [6.45, 7) is 1.97. The molecule has 2 atom stereocenters. The van der Waals surface area contributed by atoms with Crippen LogP contribution >= 0.6 is 15.9 Å². The molecule has 0 heterocycles. The maximum absolute atomic E-state index is 12.4. The van der Waals surface area contributed by atoms with Gasteiger partial charge in [0.15, 0.2) is 0 Å². The van der Waals surface area contributed by atoms with E-state index < -0.39 is 15.9 Å². The third-order valence-corrected chi connectivity index (χ3v) is 6.19. The van der Waals surface area contributed by atoms with E-state index in [1.165, 1.54) is 36.4 Å². The van der Waals surface area contributed by atoms with Crippen LogP contribution in [0.5, 0.6) is 0 Å². The summed E-state index contributed by atoms with van der Waals surface area (Å²) < 4.78 is 27.9. The highest BCUT2D eigenvalue weighted by atomic mass is 79.9. The summed E-state index contributed by atoms with van der Waals surface area (Å²) in [7, 11) is -3.72. The van der Waals surface area contributed by atoms with Gasteiger partial charge in [0.1, 0.15) is 0 Å². The van der Waals surface area contributed by atoms with Gasteiger partial charge in [0, 0.05) is 21.6 Å². The van der Waals surface area contributed by atoms with Crippen LogP contribution in [0.25, 0.3) is 0 Å². The molecule has 2 aromatic rings. The molecule has 1 aliphatic carbocycles. The van der Waals surface area contributed by atoms with E-state index in [-0.39, 0.29) is 16.7 Å². The Bertz CT molecular complexity index is 959. The number of halogens is 1. The van der Waals surface area contributed by atoms with Crippen molar-refractivity contribution in [3.05, 3.63) is 58.6 Å². The van der Waals surface area contributed by atoms with E-state index in [1.54, 1.807) is 12.1 Å². The predicted octanol–water partition coefficient (Wildman–Crippen LogP) is 2.67. The van der Waals surface area contributed by atoms with Gasteiger partial charge in [-0.05, 0) is 60.9 Å². The Morgan fingerprint density at radius 2 is 1.59 bits per heavy atom. The molecule has 142 valence electrons. The molecular weight excluding hydrogens is 434 g/mol. The zero-order valence-electron chi connectivity index (χ0n) is 14.4. The van der Waals surface area contributed by atoms with Crippen molar-refractivity contribution in [3.63, 3.8) is 0 Å². The first-order chi connectivity index (χ1) is 12.8. The topological polar surface area (TPSA) is 104 Å². The van der Waals surface area contributed by atoms with Crippen molar-refractivity contribution in [1.29, 1.82) is 0 Å². The molecule has 0 aromatic heterocycles. The largest absolute Gasteiger partial charge is 0.280 e. The monoisotopic (exact) mass is 451 g/mol.